The van der Waals surface area contributed by atoms with Crippen LogP contribution in [0.25, 0.3) is 11.7 Å². The molecule has 0 radical (unpaired) electrons. The Morgan fingerprint density at radius 3 is 2.95 bits per heavy atom. The highest BCUT2D eigenvalue weighted by molar-refractivity contribution is 9.10. The molecular weight excluding hydrogens is 330 g/mol. The zero-order chi connectivity index (χ0) is 14.1. The molecule has 1 aliphatic rings. The predicted molar refractivity (Wildman–Crippen MR) is 70.7 cm³/mol. The van der Waals surface area contributed by atoms with E-state index in [1.54, 1.807) is 12.1 Å². The maximum Gasteiger partial charge on any atom is 0.307 e. The molecule has 1 fully saturated rings. The summed E-state index contributed by atoms with van der Waals surface area (Å²) in [4.78, 5) is 12.9. The monoisotopic (exact) mass is 341 g/mol. The molecule has 2 aromatic rings. The van der Waals surface area contributed by atoms with E-state index in [4.69, 9.17) is 13.9 Å². The van der Waals surface area contributed by atoms with Crippen molar-refractivity contribution in [2.45, 2.75) is 13.0 Å². The summed E-state index contributed by atoms with van der Waals surface area (Å²) < 4.78 is 11.4. The first-order chi connectivity index (χ1) is 9.61. The van der Waals surface area contributed by atoms with Crippen molar-refractivity contribution < 1.29 is 18.7 Å². The minimum absolute atomic E-state index is 0.307. The first-order valence-electron chi connectivity index (χ1n) is 6.15. The van der Waals surface area contributed by atoms with Crippen molar-refractivity contribution in [2.75, 3.05) is 13.1 Å². The molecule has 1 saturated heterocycles. The molecule has 7 nitrogen and oxygen atoms in total. The van der Waals surface area contributed by atoms with E-state index < -0.39 is 5.97 Å². The molecular formula is C12H12BrN3O4. The van der Waals surface area contributed by atoms with Gasteiger partial charge in [-0.05, 0) is 41.0 Å². The number of carbonyl (C=O) groups is 1. The highest BCUT2D eigenvalue weighted by Crippen LogP contribution is 2.25. The molecule has 0 spiro atoms. The van der Waals surface area contributed by atoms with Crippen LogP contribution in [0.4, 0.5) is 0 Å². The maximum absolute atomic E-state index is 10.9. The van der Waals surface area contributed by atoms with Gasteiger partial charge in [0.15, 0.2) is 10.4 Å². The fraction of sp³-hybridized carbons (Fsp3) is 0.417. The molecule has 0 amide bonds. The summed E-state index contributed by atoms with van der Waals surface area (Å²) in [5.41, 5.74) is 0. The summed E-state index contributed by atoms with van der Waals surface area (Å²) in [7, 11) is 0. The van der Waals surface area contributed by atoms with Crippen molar-refractivity contribution in [3.05, 3.63) is 22.7 Å². The second-order valence-electron chi connectivity index (χ2n) is 4.66. The van der Waals surface area contributed by atoms with Gasteiger partial charge in [0.1, 0.15) is 0 Å². The number of aromatic nitrogens is 2. The van der Waals surface area contributed by atoms with E-state index in [1.807, 2.05) is 4.90 Å². The predicted octanol–water partition coefficient (Wildman–Crippen LogP) is 2.00. The summed E-state index contributed by atoms with van der Waals surface area (Å²) in [5, 5.41) is 16.8. The molecule has 1 aliphatic heterocycles. The fourth-order valence-corrected chi connectivity index (χ4v) is 2.52. The van der Waals surface area contributed by atoms with Crippen molar-refractivity contribution in [1.29, 1.82) is 0 Å². The Balaban J connectivity index is 1.65. The van der Waals surface area contributed by atoms with Gasteiger partial charge in [0.05, 0.1) is 12.5 Å². The van der Waals surface area contributed by atoms with E-state index in [9.17, 15) is 4.79 Å². The molecule has 0 saturated carbocycles. The molecule has 1 atom stereocenters. The van der Waals surface area contributed by atoms with Crippen molar-refractivity contribution in [2.24, 2.45) is 5.92 Å². The van der Waals surface area contributed by atoms with Gasteiger partial charge in [-0.3, -0.25) is 9.69 Å². The van der Waals surface area contributed by atoms with Gasteiger partial charge >= 0.3 is 5.97 Å². The molecule has 8 heteroatoms. The number of likely N-dealkylation sites (tertiary alicyclic amines) is 1. The zero-order valence-electron chi connectivity index (χ0n) is 10.5. The van der Waals surface area contributed by atoms with Gasteiger partial charge in [0, 0.05) is 6.54 Å². The van der Waals surface area contributed by atoms with Crippen LogP contribution >= 0.6 is 15.9 Å². The van der Waals surface area contributed by atoms with Gasteiger partial charge in [-0.2, -0.15) is 0 Å². The van der Waals surface area contributed by atoms with Gasteiger partial charge in [-0.1, -0.05) is 0 Å². The Labute approximate surface area is 122 Å². The average molecular weight is 342 g/mol. The van der Waals surface area contributed by atoms with Crippen LogP contribution in [-0.4, -0.2) is 39.3 Å². The van der Waals surface area contributed by atoms with Gasteiger partial charge in [-0.25, -0.2) is 0 Å². The number of furan rings is 1. The molecule has 106 valence electrons. The molecule has 0 bridgehead atoms. The number of aliphatic carboxylic acids is 1. The lowest BCUT2D eigenvalue weighted by Gasteiger charge is -2.11. The summed E-state index contributed by atoms with van der Waals surface area (Å²) in [5.74, 6) is 0.219. The molecule has 20 heavy (non-hydrogen) atoms. The van der Waals surface area contributed by atoms with Crippen LogP contribution in [0, 0.1) is 5.92 Å². The van der Waals surface area contributed by atoms with Crippen LogP contribution in [0.3, 0.4) is 0 Å². The number of rotatable bonds is 4. The van der Waals surface area contributed by atoms with Crippen LogP contribution < -0.4 is 0 Å². The summed E-state index contributed by atoms with van der Waals surface area (Å²) >= 11 is 3.21. The van der Waals surface area contributed by atoms with Gasteiger partial charge in [0.25, 0.3) is 5.89 Å². The Bertz CT molecular complexity index is 624. The van der Waals surface area contributed by atoms with Crippen LogP contribution in [0.2, 0.25) is 0 Å². The summed E-state index contributed by atoms with van der Waals surface area (Å²) in [6.45, 7) is 1.69. The normalized spacial score (nSPS) is 19.6. The topological polar surface area (TPSA) is 92.6 Å². The van der Waals surface area contributed by atoms with Gasteiger partial charge in [-0.15, -0.1) is 10.2 Å². The van der Waals surface area contributed by atoms with Gasteiger partial charge in [0.2, 0.25) is 5.89 Å². The van der Waals surface area contributed by atoms with E-state index in [-0.39, 0.29) is 5.92 Å². The van der Waals surface area contributed by atoms with Crippen LogP contribution in [-0.2, 0) is 11.3 Å². The smallest absolute Gasteiger partial charge is 0.307 e. The molecule has 3 heterocycles. The summed E-state index contributed by atoms with van der Waals surface area (Å²) in [6, 6.07) is 3.48. The number of carboxylic acids is 1. The van der Waals surface area contributed by atoms with E-state index in [2.05, 4.69) is 26.1 Å². The Morgan fingerprint density at radius 2 is 2.30 bits per heavy atom. The third kappa shape index (κ3) is 2.75. The van der Waals surface area contributed by atoms with Crippen LogP contribution in [0.5, 0.6) is 0 Å². The van der Waals surface area contributed by atoms with Crippen molar-refractivity contribution >= 4 is 21.9 Å². The van der Waals surface area contributed by atoms with Crippen LogP contribution in [0.15, 0.2) is 25.6 Å². The zero-order valence-corrected chi connectivity index (χ0v) is 12.0. The maximum atomic E-state index is 10.9. The molecule has 0 aromatic carbocycles. The minimum Gasteiger partial charge on any atom is -0.481 e. The Hall–Kier alpha value is -1.67. The molecule has 2 aromatic heterocycles. The quantitative estimate of drug-likeness (QED) is 0.908. The van der Waals surface area contributed by atoms with Crippen molar-refractivity contribution in [1.82, 2.24) is 15.1 Å². The molecule has 3 rings (SSSR count). The second-order valence-corrected chi connectivity index (χ2v) is 5.45. The summed E-state index contributed by atoms with van der Waals surface area (Å²) in [6.07, 6.45) is 0.654. The average Bonchev–Trinajstić information content (AvgIpc) is 3.09. The number of carboxylic acid groups (broad SMARTS) is 1. The minimum atomic E-state index is -0.751. The highest BCUT2D eigenvalue weighted by atomic mass is 79.9. The first kappa shape index (κ1) is 13.3. The van der Waals surface area contributed by atoms with Crippen molar-refractivity contribution in [3.8, 4) is 11.7 Å². The SMILES string of the molecule is O=C(O)C1CCN(Cc2nnc(-c3ccc(Br)o3)o2)C1. The third-order valence-corrected chi connectivity index (χ3v) is 3.66. The highest BCUT2D eigenvalue weighted by Gasteiger charge is 2.29. The van der Waals surface area contributed by atoms with Gasteiger partial charge < -0.3 is 13.9 Å². The molecule has 1 unspecified atom stereocenters. The number of halogens is 1. The second kappa shape index (κ2) is 5.37. The fourth-order valence-electron chi connectivity index (χ4n) is 2.22. The lowest BCUT2D eigenvalue weighted by molar-refractivity contribution is -0.141. The van der Waals surface area contributed by atoms with Crippen LogP contribution in [0.1, 0.15) is 12.3 Å². The Kier molecular flexibility index (Phi) is 3.58. The lowest BCUT2D eigenvalue weighted by atomic mass is 10.1. The van der Waals surface area contributed by atoms with E-state index in [0.717, 1.165) is 6.54 Å². The number of hydrogen-bond donors (Lipinski definition) is 1. The van der Waals surface area contributed by atoms with E-state index in [0.29, 0.717) is 41.7 Å². The molecule has 0 aliphatic carbocycles. The largest absolute Gasteiger partial charge is 0.481 e. The standard InChI is InChI=1S/C12H12BrN3O4/c13-9-2-1-8(19-9)11-15-14-10(20-11)6-16-4-3-7(5-16)12(17)18/h1-2,7H,3-6H2,(H,17,18). The van der Waals surface area contributed by atoms with E-state index >= 15 is 0 Å². The van der Waals surface area contributed by atoms with E-state index in [1.165, 1.54) is 0 Å². The first-order valence-corrected chi connectivity index (χ1v) is 6.94. The molecule has 1 N–H and O–H groups in total. The lowest BCUT2D eigenvalue weighted by Crippen LogP contribution is -2.22. The third-order valence-electron chi connectivity index (χ3n) is 3.23. The number of hydrogen-bond acceptors (Lipinski definition) is 6. The Morgan fingerprint density at radius 1 is 1.45 bits per heavy atom. The van der Waals surface area contributed by atoms with Crippen molar-refractivity contribution in [3.63, 3.8) is 0 Å². The number of nitrogens with zero attached hydrogens (tertiary/aromatic N) is 3.